The maximum absolute atomic E-state index is 11.2. The van der Waals surface area contributed by atoms with Crippen LogP contribution in [-0.2, 0) is 10.3 Å². The lowest BCUT2D eigenvalue weighted by molar-refractivity contribution is -0.120. The summed E-state index contributed by atoms with van der Waals surface area (Å²) >= 11 is 5.45. The third-order valence-corrected chi connectivity index (χ3v) is 2.50. The quantitative estimate of drug-likeness (QED) is 0.816. The molecule has 16 heavy (non-hydrogen) atoms. The molecule has 1 aromatic heterocycles. The summed E-state index contributed by atoms with van der Waals surface area (Å²) < 4.78 is 1.75. The number of carbonyl (C=O) groups excluding carboxylic acids is 1. The van der Waals surface area contributed by atoms with Crippen molar-refractivity contribution in [3.05, 3.63) is 11.9 Å². The molecular formula is C10H17ClN4O. The molecule has 0 aliphatic rings. The van der Waals surface area contributed by atoms with Crippen molar-refractivity contribution < 1.29 is 4.79 Å². The first-order valence-corrected chi connectivity index (χ1v) is 5.69. The molecule has 1 N–H and O–H groups in total. The molecule has 0 aromatic carbocycles. The number of hydrogen-bond donors (Lipinski definition) is 1. The minimum atomic E-state index is -0.556. The van der Waals surface area contributed by atoms with Gasteiger partial charge in [-0.3, -0.25) is 4.79 Å². The van der Waals surface area contributed by atoms with Gasteiger partial charge in [0.25, 0.3) is 0 Å². The van der Waals surface area contributed by atoms with Crippen molar-refractivity contribution in [3.8, 4) is 0 Å². The molecular weight excluding hydrogens is 228 g/mol. The van der Waals surface area contributed by atoms with E-state index in [0.717, 1.165) is 5.69 Å². The Hall–Kier alpha value is -1.10. The van der Waals surface area contributed by atoms with Crippen LogP contribution in [0.1, 0.15) is 39.4 Å². The standard InChI is InChI=1S/C10H17ClN4O/c1-7(2)15-6-8(13-14-15)10(3,4)12-9(16)5-11/h6-7H,5H2,1-4H3,(H,12,16). The van der Waals surface area contributed by atoms with Crippen LogP contribution in [0, 0.1) is 0 Å². The molecule has 0 atom stereocenters. The molecule has 1 heterocycles. The molecule has 5 nitrogen and oxygen atoms in total. The molecule has 90 valence electrons. The minimum Gasteiger partial charge on any atom is -0.344 e. The number of amides is 1. The first-order valence-electron chi connectivity index (χ1n) is 5.16. The van der Waals surface area contributed by atoms with Crippen LogP contribution in [0.25, 0.3) is 0 Å². The number of nitrogens with one attached hydrogen (secondary N) is 1. The molecule has 0 bridgehead atoms. The van der Waals surface area contributed by atoms with Crippen LogP contribution in [0.2, 0.25) is 0 Å². The van der Waals surface area contributed by atoms with Gasteiger partial charge in [0, 0.05) is 6.04 Å². The summed E-state index contributed by atoms with van der Waals surface area (Å²) in [5.41, 5.74) is 0.165. The average Bonchev–Trinajstić information content (AvgIpc) is 2.66. The Morgan fingerprint density at radius 1 is 1.62 bits per heavy atom. The van der Waals surface area contributed by atoms with Gasteiger partial charge in [-0.2, -0.15) is 0 Å². The second-order valence-electron chi connectivity index (χ2n) is 4.48. The topological polar surface area (TPSA) is 59.8 Å². The van der Waals surface area contributed by atoms with E-state index in [1.165, 1.54) is 0 Å². The summed E-state index contributed by atoms with van der Waals surface area (Å²) in [5, 5.41) is 10.8. The van der Waals surface area contributed by atoms with Crippen LogP contribution in [0.4, 0.5) is 0 Å². The van der Waals surface area contributed by atoms with Crippen molar-refractivity contribution in [2.75, 3.05) is 5.88 Å². The largest absolute Gasteiger partial charge is 0.344 e. The lowest BCUT2D eigenvalue weighted by Crippen LogP contribution is -2.42. The molecule has 1 aromatic rings. The monoisotopic (exact) mass is 244 g/mol. The van der Waals surface area contributed by atoms with Crippen molar-refractivity contribution in [3.63, 3.8) is 0 Å². The summed E-state index contributed by atoms with van der Waals surface area (Å²) in [6.07, 6.45) is 1.83. The summed E-state index contributed by atoms with van der Waals surface area (Å²) in [7, 11) is 0. The molecule has 0 saturated carbocycles. The number of nitrogens with zero attached hydrogens (tertiary/aromatic N) is 3. The van der Waals surface area contributed by atoms with Gasteiger partial charge >= 0.3 is 0 Å². The molecule has 6 heteroatoms. The van der Waals surface area contributed by atoms with Gasteiger partial charge in [-0.05, 0) is 27.7 Å². The Balaban J connectivity index is 2.85. The number of halogens is 1. The third kappa shape index (κ3) is 2.95. The highest BCUT2D eigenvalue weighted by atomic mass is 35.5. The van der Waals surface area contributed by atoms with Crippen LogP contribution in [0.15, 0.2) is 6.20 Å². The maximum Gasteiger partial charge on any atom is 0.235 e. The van der Waals surface area contributed by atoms with E-state index in [1.807, 2.05) is 33.9 Å². The summed E-state index contributed by atoms with van der Waals surface area (Å²) in [6.45, 7) is 7.77. The normalized spacial score (nSPS) is 11.9. The van der Waals surface area contributed by atoms with Crippen LogP contribution in [0.3, 0.4) is 0 Å². The van der Waals surface area contributed by atoms with E-state index in [-0.39, 0.29) is 17.8 Å². The van der Waals surface area contributed by atoms with Crippen molar-refractivity contribution in [2.45, 2.75) is 39.3 Å². The van der Waals surface area contributed by atoms with Gasteiger partial charge < -0.3 is 5.32 Å². The van der Waals surface area contributed by atoms with Gasteiger partial charge in [-0.1, -0.05) is 5.21 Å². The SMILES string of the molecule is CC(C)n1cc(C(C)(C)NC(=O)CCl)nn1. The zero-order valence-electron chi connectivity index (χ0n) is 9.99. The third-order valence-electron chi connectivity index (χ3n) is 2.25. The van der Waals surface area contributed by atoms with E-state index < -0.39 is 5.54 Å². The first kappa shape index (κ1) is 13.0. The van der Waals surface area contributed by atoms with Crippen molar-refractivity contribution in [1.82, 2.24) is 20.3 Å². The fourth-order valence-corrected chi connectivity index (χ4v) is 1.33. The summed E-state index contributed by atoms with van der Waals surface area (Å²) in [5.74, 6) is -0.271. The van der Waals surface area contributed by atoms with Crippen molar-refractivity contribution in [2.24, 2.45) is 0 Å². The number of alkyl halides is 1. The van der Waals surface area contributed by atoms with Gasteiger partial charge in [-0.15, -0.1) is 16.7 Å². The Kier molecular flexibility index (Phi) is 3.91. The van der Waals surface area contributed by atoms with Crippen LogP contribution in [-0.4, -0.2) is 26.8 Å². The van der Waals surface area contributed by atoms with E-state index in [2.05, 4.69) is 15.6 Å². The smallest absolute Gasteiger partial charge is 0.235 e. The van der Waals surface area contributed by atoms with Gasteiger partial charge in [0.2, 0.25) is 5.91 Å². The molecule has 0 unspecified atom stereocenters. The number of hydrogen-bond acceptors (Lipinski definition) is 3. The van der Waals surface area contributed by atoms with Crippen molar-refractivity contribution >= 4 is 17.5 Å². The second-order valence-corrected chi connectivity index (χ2v) is 4.75. The van der Waals surface area contributed by atoms with Gasteiger partial charge in [0.05, 0.1) is 11.7 Å². The van der Waals surface area contributed by atoms with E-state index in [4.69, 9.17) is 11.6 Å². The minimum absolute atomic E-state index is 0.0538. The van der Waals surface area contributed by atoms with Gasteiger partial charge in [0.1, 0.15) is 11.6 Å². The van der Waals surface area contributed by atoms with Crippen LogP contribution >= 0.6 is 11.6 Å². The highest BCUT2D eigenvalue weighted by Gasteiger charge is 2.26. The first-order chi connectivity index (χ1) is 7.36. The zero-order chi connectivity index (χ0) is 12.3. The van der Waals surface area contributed by atoms with Crippen LogP contribution in [0.5, 0.6) is 0 Å². The fourth-order valence-electron chi connectivity index (χ4n) is 1.26. The summed E-state index contributed by atoms with van der Waals surface area (Å²) in [6, 6.07) is 0.251. The van der Waals surface area contributed by atoms with Crippen molar-refractivity contribution in [1.29, 1.82) is 0 Å². The van der Waals surface area contributed by atoms with Crippen LogP contribution < -0.4 is 5.32 Å². The molecule has 1 amide bonds. The molecule has 0 spiro atoms. The Morgan fingerprint density at radius 3 is 2.69 bits per heavy atom. The number of carbonyl (C=O) groups is 1. The van der Waals surface area contributed by atoms with E-state index >= 15 is 0 Å². The molecule has 0 saturated heterocycles. The Labute approximate surface area is 100 Å². The summed E-state index contributed by atoms with van der Waals surface area (Å²) in [4.78, 5) is 11.2. The van der Waals surface area contributed by atoms with Gasteiger partial charge in [-0.25, -0.2) is 4.68 Å². The average molecular weight is 245 g/mol. The lowest BCUT2D eigenvalue weighted by Gasteiger charge is -2.23. The highest BCUT2D eigenvalue weighted by molar-refractivity contribution is 6.27. The maximum atomic E-state index is 11.2. The molecule has 0 fully saturated rings. The van der Waals surface area contributed by atoms with E-state index in [1.54, 1.807) is 4.68 Å². The van der Waals surface area contributed by atoms with E-state index in [9.17, 15) is 4.79 Å². The fraction of sp³-hybridized carbons (Fsp3) is 0.700. The Morgan fingerprint density at radius 2 is 2.25 bits per heavy atom. The molecule has 0 aliphatic heterocycles. The Bertz CT molecular complexity index is 373. The predicted octanol–water partition coefficient (Wildman–Crippen LogP) is 1.45. The lowest BCUT2D eigenvalue weighted by atomic mass is 10.0. The molecule has 1 rings (SSSR count). The number of rotatable bonds is 4. The second kappa shape index (κ2) is 4.82. The predicted molar refractivity (Wildman–Crippen MR) is 62.3 cm³/mol. The molecule has 0 radical (unpaired) electrons. The zero-order valence-corrected chi connectivity index (χ0v) is 10.7. The van der Waals surface area contributed by atoms with Gasteiger partial charge in [0.15, 0.2) is 0 Å². The highest BCUT2D eigenvalue weighted by Crippen LogP contribution is 2.18. The van der Waals surface area contributed by atoms with E-state index in [0.29, 0.717) is 0 Å². The molecule has 0 aliphatic carbocycles. The number of aromatic nitrogens is 3.